The molecule has 2 saturated carbocycles. The Kier molecular flexibility index (Phi) is 1.84. The smallest absolute Gasteiger partial charge is 0.132 e. The molecule has 0 spiro atoms. The first-order chi connectivity index (χ1) is 6.40. The van der Waals surface area contributed by atoms with Gasteiger partial charge < -0.3 is 0 Å². The summed E-state index contributed by atoms with van der Waals surface area (Å²) in [6.07, 6.45) is 4.24. The lowest BCUT2D eigenvalue weighted by Crippen LogP contribution is -1.86. The van der Waals surface area contributed by atoms with Crippen molar-refractivity contribution in [2.45, 2.75) is 31.1 Å². The maximum absolute atomic E-state index is 5.69. The van der Waals surface area contributed by atoms with Gasteiger partial charge in [0.05, 0.1) is 5.88 Å². The number of alkyl halides is 1. The van der Waals surface area contributed by atoms with Crippen molar-refractivity contribution in [3.63, 3.8) is 0 Å². The van der Waals surface area contributed by atoms with E-state index >= 15 is 0 Å². The molecule has 1 aromatic rings. The molecule has 4 heteroatoms. The molecule has 2 aliphatic rings. The molecule has 1 heterocycles. The Balaban J connectivity index is 1.79. The van der Waals surface area contributed by atoms with E-state index in [4.69, 9.17) is 11.6 Å². The minimum atomic E-state index is 0.514. The van der Waals surface area contributed by atoms with E-state index in [-0.39, 0.29) is 0 Å². The Bertz CT molecular complexity index is 315. The third-order valence-electron chi connectivity index (χ3n) is 3.29. The fraction of sp³-hybridized carbons (Fsp3) is 0.778. The van der Waals surface area contributed by atoms with Gasteiger partial charge in [0.25, 0.3) is 0 Å². The summed E-state index contributed by atoms with van der Waals surface area (Å²) < 4.78 is 0. The summed E-state index contributed by atoms with van der Waals surface area (Å²) in [6.45, 7) is 0. The Labute approximate surface area is 86.3 Å². The van der Waals surface area contributed by atoms with E-state index in [1.807, 2.05) is 0 Å². The molecule has 0 amide bonds. The standard InChI is InChI=1S/C9H11ClN2S/c10-4-7-11-12-9(13-7)8-5-2-1-3-6(5)8/h5-6,8H,1-4H2. The van der Waals surface area contributed by atoms with E-state index in [0.717, 1.165) is 22.8 Å². The lowest BCUT2D eigenvalue weighted by molar-refractivity contribution is 0.675. The summed E-state index contributed by atoms with van der Waals surface area (Å²) in [5.41, 5.74) is 0. The van der Waals surface area contributed by atoms with E-state index in [1.54, 1.807) is 11.3 Å². The van der Waals surface area contributed by atoms with Crippen molar-refractivity contribution in [1.82, 2.24) is 10.2 Å². The molecule has 2 atom stereocenters. The van der Waals surface area contributed by atoms with Crippen molar-refractivity contribution in [2.24, 2.45) is 11.8 Å². The van der Waals surface area contributed by atoms with Crippen molar-refractivity contribution >= 4 is 22.9 Å². The van der Waals surface area contributed by atoms with Crippen LogP contribution in [0.4, 0.5) is 0 Å². The molecule has 0 radical (unpaired) electrons. The van der Waals surface area contributed by atoms with Crippen molar-refractivity contribution in [3.05, 3.63) is 10.0 Å². The van der Waals surface area contributed by atoms with Crippen molar-refractivity contribution in [1.29, 1.82) is 0 Å². The van der Waals surface area contributed by atoms with Gasteiger partial charge >= 0.3 is 0 Å². The summed E-state index contributed by atoms with van der Waals surface area (Å²) in [5.74, 6) is 3.15. The fourth-order valence-corrected chi connectivity index (χ4v) is 3.81. The maximum atomic E-state index is 5.69. The first kappa shape index (κ1) is 8.18. The normalized spacial score (nSPS) is 36.2. The van der Waals surface area contributed by atoms with Gasteiger partial charge in [-0.05, 0) is 24.7 Å². The van der Waals surface area contributed by atoms with Crippen LogP contribution in [0.15, 0.2) is 0 Å². The number of halogens is 1. The maximum Gasteiger partial charge on any atom is 0.132 e. The minimum absolute atomic E-state index is 0.514. The number of fused-ring (bicyclic) bond motifs is 1. The highest BCUT2D eigenvalue weighted by molar-refractivity contribution is 7.11. The quantitative estimate of drug-likeness (QED) is 0.708. The van der Waals surface area contributed by atoms with Gasteiger partial charge in [0, 0.05) is 5.92 Å². The van der Waals surface area contributed by atoms with Crippen LogP contribution in [0.2, 0.25) is 0 Å². The highest BCUT2D eigenvalue weighted by Crippen LogP contribution is 2.63. The topological polar surface area (TPSA) is 25.8 Å². The highest BCUT2D eigenvalue weighted by atomic mass is 35.5. The van der Waals surface area contributed by atoms with Crippen LogP contribution in [0.3, 0.4) is 0 Å². The zero-order valence-electron chi connectivity index (χ0n) is 7.24. The van der Waals surface area contributed by atoms with Crippen molar-refractivity contribution < 1.29 is 0 Å². The number of hydrogen-bond acceptors (Lipinski definition) is 3. The molecule has 70 valence electrons. The molecule has 2 aliphatic carbocycles. The Morgan fingerprint density at radius 3 is 2.69 bits per heavy atom. The third kappa shape index (κ3) is 1.21. The van der Waals surface area contributed by atoms with Crippen molar-refractivity contribution in [2.75, 3.05) is 0 Å². The van der Waals surface area contributed by atoms with Crippen LogP contribution < -0.4 is 0 Å². The van der Waals surface area contributed by atoms with Gasteiger partial charge in [-0.1, -0.05) is 17.8 Å². The second kappa shape index (κ2) is 2.92. The summed E-state index contributed by atoms with van der Waals surface area (Å²) in [7, 11) is 0. The van der Waals surface area contributed by atoms with E-state index < -0.39 is 0 Å². The van der Waals surface area contributed by atoms with Gasteiger partial charge in [0.2, 0.25) is 0 Å². The third-order valence-corrected chi connectivity index (χ3v) is 4.72. The van der Waals surface area contributed by atoms with Crippen LogP contribution in [0, 0.1) is 11.8 Å². The zero-order valence-corrected chi connectivity index (χ0v) is 8.81. The van der Waals surface area contributed by atoms with Crippen LogP contribution in [-0.2, 0) is 5.88 Å². The number of nitrogens with zero attached hydrogens (tertiary/aromatic N) is 2. The van der Waals surface area contributed by atoms with Gasteiger partial charge in [-0.15, -0.1) is 21.8 Å². The molecule has 2 nitrogen and oxygen atoms in total. The molecule has 0 saturated heterocycles. The van der Waals surface area contributed by atoms with Crippen LogP contribution in [0.25, 0.3) is 0 Å². The van der Waals surface area contributed by atoms with Gasteiger partial charge in [-0.2, -0.15) is 0 Å². The molecule has 3 rings (SSSR count). The Morgan fingerprint density at radius 2 is 2.08 bits per heavy atom. The number of aromatic nitrogens is 2. The van der Waals surface area contributed by atoms with Crippen LogP contribution >= 0.6 is 22.9 Å². The second-order valence-electron chi connectivity index (χ2n) is 3.95. The van der Waals surface area contributed by atoms with Crippen LogP contribution in [0.5, 0.6) is 0 Å². The SMILES string of the molecule is ClCc1nnc(C2C3CCCC32)s1. The van der Waals surface area contributed by atoms with Gasteiger partial charge in [-0.3, -0.25) is 0 Å². The van der Waals surface area contributed by atoms with E-state index in [1.165, 1.54) is 24.3 Å². The Morgan fingerprint density at radius 1 is 1.31 bits per heavy atom. The van der Waals surface area contributed by atoms with E-state index in [9.17, 15) is 0 Å². The lowest BCUT2D eigenvalue weighted by Gasteiger charge is -1.95. The van der Waals surface area contributed by atoms with Gasteiger partial charge in [-0.25, -0.2) is 0 Å². The second-order valence-corrected chi connectivity index (χ2v) is 5.31. The van der Waals surface area contributed by atoms with Crippen LogP contribution in [0.1, 0.15) is 35.2 Å². The highest BCUT2D eigenvalue weighted by Gasteiger charge is 2.54. The predicted octanol–water partition coefficient (Wildman–Crippen LogP) is 2.79. The summed E-state index contributed by atoms with van der Waals surface area (Å²) >= 11 is 7.40. The predicted molar refractivity (Wildman–Crippen MR) is 53.0 cm³/mol. The molecule has 0 aromatic carbocycles. The largest absolute Gasteiger partial charge is 0.143 e. The zero-order chi connectivity index (χ0) is 8.84. The monoisotopic (exact) mass is 214 g/mol. The summed E-state index contributed by atoms with van der Waals surface area (Å²) in [5, 5.41) is 10.5. The molecule has 0 bridgehead atoms. The molecule has 2 fully saturated rings. The molecular weight excluding hydrogens is 204 g/mol. The summed E-state index contributed by atoms with van der Waals surface area (Å²) in [6, 6.07) is 0. The fourth-order valence-electron chi connectivity index (χ4n) is 2.64. The lowest BCUT2D eigenvalue weighted by atomic mass is 10.2. The molecule has 13 heavy (non-hydrogen) atoms. The van der Waals surface area contributed by atoms with Gasteiger partial charge in [0.1, 0.15) is 10.0 Å². The van der Waals surface area contributed by atoms with E-state index in [2.05, 4.69) is 10.2 Å². The number of hydrogen-bond donors (Lipinski definition) is 0. The molecule has 0 N–H and O–H groups in total. The molecular formula is C9H11ClN2S. The van der Waals surface area contributed by atoms with E-state index in [0.29, 0.717) is 5.88 Å². The Hall–Kier alpha value is -0.150. The molecule has 2 unspecified atom stereocenters. The van der Waals surface area contributed by atoms with Crippen molar-refractivity contribution in [3.8, 4) is 0 Å². The molecule has 1 aromatic heterocycles. The average Bonchev–Trinajstić information content (AvgIpc) is 2.65. The minimum Gasteiger partial charge on any atom is -0.143 e. The first-order valence-corrected chi connectivity index (χ1v) is 6.13. The summed E-state index contributed by atoms with van der Waals surface area (Å²) in [4.78, 5) is 0. The first-order valence-electron chi connectivity index (χ1n) is 4.78. The van der Waals surface area contributed by atoms with Gasteiger partial charge in [0.15, 0.2) is 0 Å². The van der Waals surface area contributed by atoms with Crippen LogP contribution in [-0.4, -0.2) is 10.2 Å². The number of rotatable bonds is 2. The average molecular weight is 215 g/mol. The molecule has 0 aliphatic heterocycles.